The number of nitrogens with one attached hydrogen (secondary N) is 1. The second-order valence-electron chi connectivity index (χ2n) is 6.15. The number of piperazine rings is 1. The van der Waals surface area contributed by atoms with Crippen LogP contribution in [0.5, 0.6) is 0 Å². The molecule has 4 rings (SSSR count). The van der Waals surface area contributed by atoms with E-state index in [0.29, 0.717) is 23.8 Å². The molecule has 0 atom stereocenters. The van der Waals surface area contributed by atoms with Gasteiger partial charge in [0.2, 0.25) is 0 Å². The minimum absolute atomic E-state index is 0.117. The Hall–Kier alpha value is -2.87. The highest BCUT2D eigenvalue weighted by Crippen LogP contribution is 2.19. The van der Waals surface area contributed by atoms with Crippen LogP contribution in [0.15, 0.2) is 36.5 Å². The Bertz CT molecular complexity index is 949. The topological polar surface area (TPSA) is 78.7 Å². The van der Waals surface area contributed by atoms with E-state index in [9.17, 15) is 4.79 Å². The number of rotatable bonds is 2. The van der Waals surface area contributed by atoms with E-state index in [4.69, 9.17) is 11.6 Å². The van der Waals surface area contributed by atoms with E-state index in [-0.39, 0.29) is 6.03 Å². The van der Waals surface area contributed by atoms with Crippen LogP contribution in [-0.4, -0.2) is 56.9 Å². The van der Waals surface area contributed by atoms with Gasteiger partial charge in [0.05, 0.1) is 11.9 Å². The third-order valence-corrected chi connectivity index (χ3v) is 4.65. The number of carbonyl (C=O) groups excluding carboxylic acids is 1. The molecular formula is C17H18ClN7O. The van der Waals surface area contributed by atoms with Gasteiger partial charge in [0, 0.05) is 43.0 Å². The van der Waals surface area contributed by atoms with Crippen LogP contribution in [0, 0.1) is 6.92 Å². The number of anilines is 2. The zero-order valence-electron chi connectivity index (χ0n) is 14.3. The monoisotopic (exact) mass is 371 g/mol. The standard InChI is InChI=1S/C17H18ClN7O/c1-12-21-22-16-10-15(11-19-25(12)16)23-5-7-24(8-6-23)17(26)20-14-4-2-3-13(18)9-14/h2-4,9-11H,5-8H2,1H3,(H,20,26). The lowest BCUT2D eigenvalue weighted by atomic mass is 10.3. The largest absolute Gasteiger partial charge is 0.367 e. The van der Waals surface area contributed by atoms with E-state index in [2.05, 4.69) is 25.5 Å². The van der Waals surface area contributed by atoms with Crippen LogP contribution in [-0.2, 0) is 0 Å². The summed E-state index contributed by atoms with van der Waals surface area (Å²) in [6.45, 7) is 4.58. The van der Waals surface area contributed by atoms with E-state index in [1.165, 1.54) is 0 Å². The first-order valence-corrected chi connectivity index (χ1v) is 8.72. The molecule has 2 amide bonds. The van der Waals surface area contributed by atoms with Gasteiger partial charge in [0.15, 0.2) is 11.5 Å². The molecule has 0 unspecified atom stereocenters. The zero-order valence-corrected chi connectivity index (χ0v) is 15.0. The van der Waals surface area contributed by atoms with Crippen molar-refractivity contribution in [3.8, 4) is 0 Å². The van der Waals surface area contributed by atoms with Gasteiger partial charge in [-0.2, -0.15) is 9.61 Å². The summed E-state index contributed by atoms with van der Waals surface area (Å²) in [4.78, 5) is 16.4. The number of hydrogen-bond donors (Lipinski definition) is 1. The Kier molecular flexibility index (Phi) is 4.34. The Morgan fingerprint density at radius 3 is 2.73 bits per heavy atom. The van der Waals surface area contributed by atoms with Crippen LogP contribution in [0.3, 0.4) is 0 Å². The lowest BCUT2D eigenvalue weighted by Gasteiger charge is -2.35. The van der Waals surface area contributed by atoms with Crippen LogP contribution in [0.1, 0.15) is 5.82 Å². The normalized spacial score (nSPS) is 14.7. The highest BCUT2D eigenvalue weighted by molar-refractivity contribution is 6.30. The highest BCUT2D eigenvalue weighted by atomic mass is 35.5. The molecule has 0 spiro atoms. The predicted molar refractivity (Wildman–Crippen MR) is 99.8 cm³/mol. The first-order chi connectivity index (χ1) is 12.6. The summed E-state index contributed by atoms with van der Waals surface area (Å²) in [6, 6.07) is 8.99. The number of nitrogens with zero attached hydrogens (tertiary/aromatic N) is 6. The molecule has 8 nitrogen and oxygen atoms in total. The number of carbonyl (C=O) groups is 1. The second kappa shape index (κ2) is 6.80. The molecule has 1 aromatic carbocycles. The summed E-state index contributed by atoms with van der Waals surface area (Å²) in [5, 5.41) is 16.0. The zero-order chi connectivity index (χ0) is 18.1. The van der Waals surface area contributed by atoms with Crippen molar-refractivity contribution in [2.45, 2.75) is 6.92 Å². The van der Waals surface area contributed by atoms with Crippen LogP contribution < -0.4 is 10.2 Å². The summed E-state index contributed by atoms with van der Waals surface area (Å²) < 4.78 is 1.71. The predicted octanol–water partition coefficient (Wildman–Crippen LogP) is 2.44. The van der Waals surface area contributed by atoms with E-state index in [1.807, 2.05) is 31.3 Å². The SMILES string of the molecule is Cc1nnc2cc(N3CCN(C(=O)Nc4cccc(Cl)c4)CC3)cnn12. The first-order valence-electron chi connectivity index (χ1n) is 8.35. The van der Waals surface area contributed by atoms with Gasteiger partial charge in [-0.25, -0.2) is 4.79 Å². The summed E-state index contributed by atoms with van der Waals surface area (Å²) in [5.41, 5.74) is 2.41. The highest BCUT2D eigenvalue weighted by Gasteiger charge is 2.22. The lowest BCUT2D eigenvalue weighted by Crippen LogP contribution is -2.50. The molecule has 134 valence electrons. The summed E-state index contributed by atoms with van der Waals surface area (Å²) in [7, 11) is 0. The van der Waals surface area contributed by atoms with Gasteiger partial charge in [-0.1, -0.05) is 17.7 Å². The fraction of sp³-hybridized carbons (Fsp3) is 0.294. The van der Waals surface area contributed by atoms with Gasteiger partial charge in [0.25, 0.3) is 0 Å². The number of halogens is 1. The number of aryl methyl sites for hydroxylation is 1. The van der Waals surface area contributed by atoms with Gasteiger partial charge in [-0.05, 0) is 25.1 Å². The van der Waals surface area contributed by atoms with Crippen molar-refractivity contribution in [1.29, 1.82) is 0 Å². The Labute approximate surface area is 155 Å². The van der Waals surface area contributed by atoms with Crippen molar-refractivity contribution < 1.29 is 4.79 Å². The summed E-state index contributed by atoms with van der Waals surface area (Å²) in [5.74, 6) is 0.758. The van der Waals surface area contributed by atoms with Crippen LogP contribution in [0.2, 0.25) is 5.02 Å². The third-order valence-electron chi connectivity index (χ3n) is 4.41. The van der Waals surface area contributed by atoms with Crippen molar-refractivity contribution in [2.24, 2.45) is 0 Å². The van der Waals surface area contributed by atoms with Crippen molar-refractivity contribution >= 4 is 34.7 Å². The number of urea groups is 1. The lowest BCUT2D eigenvalue weighted by molar-refractivity contribution is 0.208. The fourth-order valence-electron chi connectivity index (χ4n) is 3.00. The molecule has 0 bridgehead atoms. The maximum Gasteiger partial charge on any atom is 0.321 e. The van der Waals surface area contributed by atoms with E-state index < -0.39 is 0 Å². The molecule has 26 heavy (non-hydrogen) atoms. The number of benzene rings is 1. The fourth-order valence-corrected chi connectivity index (χ4v) is 3.19. The number of fused-ring (bicyclic) bond motifs is 1. The van der Waals surface area contributed by atoms with E-state index in [1.54, 1.807) is 21.5 Å². The number of hydrogen-bond acceptors (Lipinski definition) is 5. The Balaban J connectivity index is 1.39. The molecule has 1 saturated heterocycles. The third kappa shape index (κ3) is 3.28. The maximum absolute atomic E-state index is 12.4. The van der Waals surface area contributed by atoms with Crippen LogP contribution in [0.25, 0.3) is 5.65 Å². The number of aromatic nitrogens is 4. The quantitative estimate of drug-likeness (QED) is 0.748. The molecular weight excluding hydrogens is 354 g/mol. The average molecular weight is 372 g/mol. The summed E-state index contributed by atoms with van der Waals surface area (Å²) in [6.07, 6.45) is 1.81. The van der Waals surface area contributed by atoms with Crippen LogP contribution in [0.4, 0.5) is 16.2 Å². The summed E-state index contributed by atoms with van der Waals surface area (Å²) >= 11 is 5.96. The molecule has 0 aliphatic carbocycles. The van der Waals surface area contributed by atoms with Gasteiger partial charge >= 0.3 is 6.03 Å². The van der Waals surface area contributed by atoms with Gasteiger partial charge < -0.3 is 15.1 Å². The molecule has 1 N–H and O–H groups in total. The molecule has 1 fully saturated rings. The molecule has 9 heteroatoms. The molecule has 3 heterocycles. The molecule has 0 saturated carbocycles. The second-order valence-corrected chi connectivity index (χ2v) is 6.58. The van der Waals surface area contributed by atoms with Crippen molar-refractivity contribution in [3.63, 3.8) is 0 Å². The maximum atomic E-state index is 12.4. The minimum Gasteiger partial charge on any atom is -0.367 e. The molecule has 0 radical (unpaired) electrons. The van der Waals surface area contributed by atoms with Crippen LogP contribution >= 0.6 is 11.6 Å². The van der Waals surface area contributed by atoms with Gasteiger partial charge in [0.1, 0.15) is 0 Å². The Morgan fingerprint density at radius 1 is 1.15 bits per heavy atom. The van der Waals surface area contributed by atoms with Crippen molar-refractivity contribution in [1.82, 2.24) is 24.7 Å². The molecule has 1 aliphatic rings. The van der Waals surface area contributed by atoms with Gasteiger partial charge in [-0.3, -0.25) is 0 Å². The van der Waals surface area contributed by atoms with Gasteiger partial charge in [-0.15, -0.1) is 10.2 Å². The number of amides is 2. The van der Waals surface area contributed by atoms with E-state index >= 15 is 0 Å². The Morgan fingerprint density at radius 2 is 1.96 bits per heavy atom. The van der Waals surface area contributed by atoms with E-state index in [0.717, 1.165) is 30.2 Å². The molecule has 3 aromatic rings. The van der Waals surface area contributed by atoms with Crippen molar-refractivity contribution in [2.75, 3.05) is 36.4 Å². The molecule has 2 aromatic heterocycles. The smallest absolute Gasteiger partial charge is 0.321 e. The minimum atomic E-state index is -0.117. The molecule has 1 aliphatic heterocycles. The average Bonchev–Trinajstić information content (AvgIpc) is 3.02. The van der Waals surface area contributed by atoms with Crippen molar-refractivity contribution in [3.05, 3.63) is 47.4 Å². The first kappa shape index (κ1) is 16.6.